The molecule has 1 aromatic carbocycles. The van der Waals surface area contributed by atoms with Crippen LogP contribution in [0.4, 0.5) is 0 Å². The van der Waals surface area contributed by atoms with E-state index in [-0.39, 0.29) is 0 Å². The first-order valence-electron chi connectivity index (χ1n) is 10.8. The molecule has 28 heavy (non-hydrogen) atoms. The molecule has 1 atom stereocenters. The molecule has 0 aromatic heterocycles. The van der Waals surface area contributed by atoms with Gasteiger partial charge in [-0.15, -0.1) is 5.73 Å². The first-order chi connectivity index (χ1) is 13.6. The van der Waals surface area contributed by atoms with Crippen LogP contribution < -0.4 is 5.32 Å². The Morgan fingerprint density at radius 1 is 1.07 bits per heavy atom. The molecule has 1 unspecified atom stereocenters. The minimum absolute atomic E-state index is 0.461. The van der Waals surface area contributed by atoms with Gasteiger partial charge in [-0.2, -0.15) is 0 Å². The van der Waals surface area contributed by atoms with E-state index in [1.165, 1.54) is 55.2 Å². The van der Waals surface area contributed by atoms with E-state index in [2.05, 4.69) is 93.5 Å². The molecular weight excluding hydrogens is 338 g/mol. The molecule has 1 heteroatoms. The summed E-state index contributed by atoms with van der Waals surface area (Å²) >= 11 is 0. The van der Waals surface area contributed by atoms with Gasteiger partial charge in [-0.3, -0.25) is 0 Å². The van der Waals surface area contributed by atoms with Crippen LogP contribution >= 0.6 is 0 Å². The van der Waals surface area contributed by atoms with E-state index in [0.29, 0.717) is 5.92 Å². The molecule has 0 fully saturated rings. The lowest BCUT2D eigenvalue weighted by Gasteiger charge is -2.17. The topological polar surface area (TPSA) is 12.0 Å². The summed E-state index contributed by atoms with van der Waals surface area (Å²) in [6.45, 7) is 15.1. The predicted molar refractivity (Wildman–Crippen MR) is 126 cm³/mol. The third-order valence-electron chi connectivity index (χ3n) is 5.23. The molecule has 0 radical (unpaired) electrons. The normalized spacial score (nSPS) is 12.6. The van der Waals surface area contributed by atoms with Crippen molar-refractivity contribution >= 4 is 0 Å². The second-order valence-corrected chi connectivity index (χ2v) is 7.38. The summed E-state index contributed by atoms with van der Waals surface area (Å²) < 4.78 is 0. The number of hydrogen-bond donors (Lipinski definition) is 1. The second-order valence-electron chi connectivity index (χ2n) is 7.38. The highest BCUT2D eigenvalue weighted by atomic mass is 14.8. The zero-order chi connectivity index (χ0) is 20.6. The van der Waals surface area contributed by atoms with Crippen molar-refractivity contribution in [2.24, 2.45) is 0 Å². The van der Waals surface area contributed by atoms with Crippen LogP contribution in [0.1, 0.15) is 77.2 Å². The van der Waals surface area contributed by atoms with Crippen molar-refractivity contribution in [1.82, 2.24) is 5.32 Å². The Labute approximate surface area is 173 Å². The van der Waals surface area contributed by atoms with Gasteiger partial charge in [-0.25, -0.2) is 0 Å². The fourth-order valence-corrected chi connectivity index (χ4v) is 3.47. The maximum Gasteiger partial charge on any atom is 0.0267 e. The number of benzene rings is 1. The number of allylic oxidation sites excluding steroid dienone is 5. The monoisotopic (exact) mass is 377 g/mol. The molecule has 0 spiro atoms. The van der Waals surface area contributed by atoms with Crippen molar-refractivity contribution in [3.63, 3.8) is 0 Å². The molecule has 0 saturated heterocycles. The Kier molecular flexibility index (Phi) is 12.6. The Hall–Kier alpha value is -2.24. The quantitative estimate of drug-likeness (QED) is 0.198. The summed E-state index contributed by atoms with van der Waals surface area (Å²) in [7, 11) is 0. The fourth-order valence-electron chi connectivity index (χ4n) is 3.47. The molecule has 0 bridgehead atoms. The van der Waals surface area contributed by atoms with Gasteiger partial charge >= 0.3 is 0 Å². The average molecular weight is 378 g/mol. The lowest BCUT2D eigenvalue weighted by Crippen LogP contribution is -2.08. The maximum absolute atomic E-state index is 4.00. The first-order valence-corrected chi connectivity index (χ1v) is 10.8. The van der Waals surface area contributed by atoms with Gasteiger partial charge in [-0.1, -0.05) is 86.9 Å². The summed E-state index contributed by atoms with van der Waals surface area (Å²) in [5.74, 6) is 0.461. The minimum Gasteiger partial charge on any atom is -0.386 e. The van der Waals surface area contributed by atoms with Gasteiger partial charge in [0.2, 0.25) is 0 Å². The van der Waals surface area contributed by atoms with Gasteiger partial charge in [-0.05, 0) is 57.2 Å². The molecule has 1 N–H and O–H groups in total. The van der Waals surface area contributed by atoms with Crippen LogP contribution in [0.2, 0.25) is 0 Å². The number of likely N-dealkylation sites (N-methyl/N-ethyl adjacent to an activating group) is 1. The van der Waals surface area contributed by atoms with Crippen molar-refractivity contribution in [3.8, 4) is 0 Å². The third kappa shape index (κ3) is 9.62. The van der Waals surface area contributed by atoms with E-state index in [4.69, 9.17) is 0 Å². The van der Waals surface area contributed by atoms with Crippen molar-refractivity contribution < 1.29 is 0 Å². The van der Waals surface area contributed by atoms with Crippen LogP contribution in [0.5, 0.6) is 0 Å². The SMILES string of the molecule is C=C=C(C)C(CCCCCCCC(/C=C\C(=C)NCC)=C/C)c1ccccc1. The molecule has 152 valence electrons. The summed E-state index contributed by atoms with van der Waals surface area (Å²) in [6, 6.07) is 10.8. The zero-order valence-electron chi connectivity index (χ0n) is 18.3. The Morgan fingerprint density at radius 2 is 1.75 bits per heavy atom. The smallest absolute Gasteiger partial charge is 0.0267 e. The van der Waals surface area contributed by atoms with Gasteiger partial charge in [0.1, 0.15) is 0 Å². The van der Waals surface area contributed by atoms with Gasteiger partial charge in [0.05, 0.1) is 0 Å². The van der Waals surface area contributed by atoms with Crippen LogP contribution in [0.3, 0.4) is 0 Å². The molecule has 1 aromatic rings. The number of hydrogen-bond acceptors (Lipinski definition) is 1. The second kappa shape index (κ2) is 14.8. The van der Waals surface area contributed by atoms with E-state index in [1.807, 2.05) is 0 Å². The molecule has 0 saturated carbocycles. The first kappa shape index (κ1) is 23.8. The summed E-state index contributed by atoms with van der Waals surface area (Å²) in [5, 5.41) is 3.23. The molecule has 0 aliphatic carbocycles. The van der Waals surface area contributed by atoms with E-state index < -0.39 is 0 Å². The zero-order valence-corrected chi connectivity index (χ0v) is 18.3. The lowest BCUT2D eigenvalue weighted by atomic mass is 9.87. The van der Waals surface area contributed by atoms with Crippen molar-refractivity contribution in [2.45, 2.75) is 71.6 Å². The largest absolute Gasteiger partial charge is 0.386 e. The molecule has 0 heterocycles. The van der Waals surface area contributed by atoms with E-state index in [1.54, 1.807) is 0 Å². The average Bonchev–Trinajstić information content (AvgIpc) is 2.72. The number of rotatable bonds is 14. The van der Waals surface area contributed by atoms with Crippen molar-refractivity contribution in [1.29, 1.82) is 0 Å². The number of nitrogens with one attached hydrogen (secondary N) is 1. The molecular formula is C27H39N. The molecule has 0 aliphatic rings. The molecule has 0 amide bonds. The summed E-state index contributed by atoms with van der Waals surface area (Å²) in [6.07, 6.45) is 15.2. The number of unbranched alkanes of at least 4 members (excludes halogenated alkanes) is 4. The van der Waals surface area contributed by atoms with Crippen LogP contribution in [0.25, 0.3) is 0 Å². The van der Waals surface area contributed by atoms with Crippen LogP contribution in [0.15, 0.2) is 84.3 Å². The molecule has 1 rings (SSSR count). The van der Waals surface area contributed by atoms with Crippen molar-refractivity contribution in [2.75, 3.05) is 6.54 Å². The fraction of sp³-hybridized carbons (Fsp3) is 0.444. The van der Waals surface area contributed by atoms with E-state index in [0.717, 1.165) is 18.7 Å². The Balaban J connectivity index is 2.29. The standard InChI is InChI=1S/C27H39N/c1-6-23(4)27(26-18-14-12-15-19-26)20-16-11-9-10-13-17-25(7-2)22-21-24(5)28-8-3/h7,12,14-15,18-19,21-22,27-28H,1,5,8-11,13,16-17,20H2,2-4H3/b22-21-,25-7-. The molecule has 0 aliphatic heterocycles. The third-order valence-corrected chi connectivity index (χ3v) is 5.23. The van der Waals surface area contributed by atoms with Gasteiger partial charge < -0.3 is 5.32 Å². The lowest BCUT2D eigenvalue weighted by molar-refractivity contribution is 0.568. The molecule has 1 nitrogen and oxygen atoms in total. The Morgan fingerprint density at radius 3 is 2.39 bits per heavy atom. The summed E-state index contributed by atoms with van der Waals surface area (Å²) in [4.78, 5) is 0. The van der Waals surface area contributed by atoms with Crippen LogP contribution in [0, 0.1) is 0 Å². The van der Waals surface area contributed by atoms with Gasteiger partial charge in [0.15, 0.2) is 0 Å². The minimum atomic E-state index is 0.461. The highest BCUT2D eigenvalue weighted by molar-refractivity contribution is 5.27. The van der Waals surface area contributed by atoms with Gasteiger partial charge in [0, 0.05) is 18.2 Å². The highest BCUT2D eigenvalue weighted by Crippen LogP contribution is 2.29. The van der Waals surface area contributed by atoms with E-state index in [9.17, 15) is 0 Å². The van der Waals surface area contributed by atoms with Crippen LogP contribution in [-0.4, -0.2) is 6.54 Å². The Bertz CT molecular complexity index is 671. The predicted octanol–water partition coefficient (Wildman–Crippen LogP) is 7.86. The summed E-state index contributed by atoms with van der Waals surface area (Å²) in [5.41, 5.74) is 8.15. The van der Waals surface area contributed by atoms with Gasteiger partial charge in [0.25, 0.3) is 0 Å². The highest BCUT2D eigenvalue weighted by Gasteiger charge is 2.12. The maximum atomic E-state index is 4.00. The van der Waals surface area contributed by atoms with Crippen molar-refractivity contribution in [3.05, 3.63) is 89.9 Å². The van der Waals surface area contributed by atoms with E-state index >= 15 is 0 Å². The van der Waals surface area contributed by atoms with Crippen LogP contribution in [-0.2, 0) is 0 Å².